The number of likely N-dealkylation sites (N-methyl/N-ethyl adjacent to an activating group) is 1. The van der Waals surface area contributed by atoms with Crippen LogP contribution in [0.4, 0.5) is 0 Å². The second kappa shape index (κ2) is 7.98. The SMILES string of the molecule is CN(C)CCNC(=O)c1nc(-c2ccc(C3CC3)cc2)oc1-c1ccccc1. The van der Waals surface area contributed by atoms with Gasteiger partial charge < -0.3 is 14.6 Å². The summed E-state index contributed by atoms with van der Waals surface area (Å²) in [6, 6.07) is 18.0. The monoisotopic (exact) mass is 375 g/mol. The Morgan fingerprint density at radius 1 is 1.07 bits per heavy atom. The highest BCUT2D eigenvalue weighted by atomic mass is 16.4. The molecule has 0 unspecified atom stereocenters. The Bertz CT molecular complexity index is 942. The molecule has 1 amide bonds. The minimum Gasteiger partial charge on any atom is -0.435 e. The third kappa shape index (κ3) is 4.15. The number of benzene rings is 2. The van der Waals surface area contributed by atoms with E-state index in [1.165, 1.54) is 18.4 Å². The Labute approximate surface area is 165 Å². The Morgan fingerprint density at radius 2 is 1.79 bits per heavy atom. The van der Waals surface area contributed by atoms with Gasteiger partial charge in [-0.2, -0.15) is 0 Å². The first-order valence-electron chi connectivity index (χ1n) is 9.71. The van der Waals surface area contributed by atoms with Crippen LogP contribution < -0.4 is 5.32 Å². The smallest absolute Gasteiger partial charge is 0.273 e. The second-order valence-electron chi connectivity index (χ2n) is 7.52. The van der Waals surface area contributed by atoms with Crippen LogP contribution in [0.5, 0.6) is 0 Å². The topological polar surface area (TPSA) is 58.4 Å². The van der Waals surface area contributed by atoms with Crippen LogP contribution in [0.25, 0.3) is 22.8 Å². The predicted molar refractivity (Wildman–Crippen MR) is 110 cm³/mol. The molecule has 0 spiro atoms. The van der Waals surface area contributed by atoms with E-state index in [-0.39, 0.29) is 5.91 Å². The van der Waals surface area contributed by atoms with Crippen molar-refractivity contribution in [1.82, 2.24) is 15.2 Å². The molecule has 1 aromatic heterocycles. The lowest BCUT2D eigenvalue weighted by Crippen LogP contribution is -2.31. The van der Waals surface area contributed by atoms with E-state index in [4.69, 9.17) is 4.42 Å². The van der Waals surface area contributed by atoms with E-state index in [2.05, 4.69) is 22.4 Å². The van der Waals surface area contributed by atoms with Crippen LogP contribution in [0.15, 0.2) is 59.0 Å². The maximum Gasteiger partial charge on any atom is 0.273 e. The molecule has 1 fully saturated rings. The van der Waals surface area contributed by atoms with Crippen LogP contribution in [0.2, 0.25) is 0 Å². The van der Waals surface area contributed by atoms with E-state index in [0.29, 0.717) is 29.8 Å². The van der Waals surface area contributed by atoms with Gasteiger partial charge in [-0.05, 0) is 50.6 Å². The van der Waals surface area contributed by atoms with E-state index in [9.17, 15) is 4.79 Å². The number of nitrogens with zero attached hydrogens (tertiary/aromatic N) is 2. The molecule has 0 saturated heterocycles. The lowest BCUT2D eigenvalue weighted by Gasteiger charge is -2.09. The Balaban J connectivity index is 1.64. The highest BCUT2D eigenvalue weighted by Gasteiger charge is 2.24. The lowest BCUT2D eigenvalue weighted by atomic mass is 10.1. The number of rotatable bonds is 7. The fourth-order valence-electron chi connectivity index (χ4n) is 3.17. The van der Waals surface area contributed by atoms with Gasteiger partial charge in [0.1, 0.15) is 0 Å². The van der Waals surface area contributed by atoms with Crippen LogP contribution in [-0.2, 0) is 0 Å². The largest absolute Gasteiger partial charge is 0.435 e. The van der Waals surface area contributed by atoms with Crippen molar-refractivity contribution >= 4 is 5.91 Å². The normalized spacial score (nSPS) is 13.7. The van der Waals surface area contributed by atoms with Gasteiger partial charge in [-0.3, -0.25) is 4.79 Å². The van der Waals surface area contributed by atoms with Gasteiger partial charge in [0.05, 0.1) is 0 Å². The van der Waals surface area contributed by atoms with E-state index in [1.54, 1.807) is 0 Å². The van der Waals surface area contributed by atoms with Gasteiger partial charge in [0.25, 0.3) is 5.91 Å². The lowest BCUT2D eigenvalue weighted by molar-refractivity contribution is 0.0947. The molecule has 1 N–H and O–H groups in total. The summed E-state index contributed by atoms with van der Waals surface area (Å²) in [6.45, 7) is 1.32. The summed E-state index contributed by atoms with van der Waals surface area (Å²) in [4.78, 5) is 19.3. The number of amides is 1. The maximum atomic E-state index is 12.8. The number of oxazole rings is 1. The second-order valence-corrected chi connectivity index (χ2v) is 7.52. The van der Waals surface area contributed by atoms with Gasteiger partial charge >= 0.3 is 0 Å². The average Bonchev–Trinajstić information content (AvgIpc) is 3.46. The molecule has 0 radical (unpaired) electrons. The molecule has 0 bridgehead atoms. The minimum atomic E-state index is -0.217. The zero-order valence-corrected chi connectivity index (χ0v) is 16.3. The van der Waals surface area contributed by atoms with Crippen molar-refractivity contribution in [2.75, 3.05) is 27.2 Å². The van der Waals surface area contributed by atoms with Crippen molar-refractivity contribution in [3.05, 3.63) is 65.9 Å². The van der Waals surface area contributed by atoms with Gasteiger partial charge in [0.2, 0.25) is 5.89 Å². The van der Waals surface area contributed by atoms with Crippen LogP contribution in [0.1, 0.15) is 34.8 Å². The molecule has 4 rings (SSSR count). The van der Waals surface area contributed by atoms with Crippen LogP contribution in [0.3, 0.4) is 0 Å². The van der Waals surface area contributed by atoms with E-state index < -0.39 is 0 Å². The highest BCUT2D eigenvalue weighted by Crippen LogP contribution is 2.40. The summed E-state index contributed by atoms with van der Waals surface area (Å²) >= 11 is 0. The molecule has 144 valence electrons. The van der Waals surface area contributed by atoms with Crippen molar-refractivity contribution in [3.63, 3.8) is 0 Å². The van der Waals surface area contributed by atoms with E-state index in [0.717, 1.165) is 17.7 Å². The van der Waals surface area contributed by atoms with E-state index >= 15 is 0 Å². The number of aromatic nitrogens is 1. The molecular formula is C23H25N3O2. The Kier molecular flexibility index (Phi) is 5.26. The fraction of sp³-hybridized carbons (Fsp3) is 0.304. The molecule has 3 aromatic rings. The Hall–Kier alpha value is -2.92. The van der Waals surface area contributed by atoms with Gasteiger partial charge in [-0.1, -0.05) is 42.5 Å². The molecule has 28 heavy (non-hydrogen) atoms. The molecule has 1 heterocycles. The molecule has 2 aromatic carbocycles. The van der Waals surface area contributed by atoms with Crippen molar-refractivity contribution in [2.24, 2.45) is 0 Å². The molecule has 1 aliphatic rings. The Morgan fingerprint density at radius 3 is 2.43 bits per heavy atom. The van der Waals surface area contributed by atoms with Crippen molar-refractivity contribution in [3.8, 4) is 22.8 Å². The number of nitrogens with one attached hydrogen (secondary N) is 1. The standard InChI is InChI=1S/C23H25N3O2/c1-26(2)15-14-24-22(27)20-21(18-6-4-3-5-7-18)28-23(25-20)19-12-10-17(11-13-19)16-8-9-16/h3-7,10-13,16H,8-9,14-15H2,1-2H3,(H,24,27). The molecule has 5 heteroatoms. The first kappa shape index (κ1) is 18.4. The van der Waals surface area contributed by atoms with E-state index in [1.807, 2.05) is 61.5 Å². The molecule has 5 nitrogen and oxygen atoms in total. The minimum absolute atomic E-state index is 0.217. The van der Waals surface area contributed by atoms with Crippen molar-refractivity contribution in [1.29, 1.82) is 0 Å². The van der Waals surface area contributed by atoms with Crippen LogP contribution in [-0.4, -0.2) is 43.0 Å². The van der Waals surface area contributed by atoms with Crippen LogP contribution in [0, 0.1) is 0 Å². The molecule has 1 aliphatic carbocycles. The first-order valence-corrected chi connectivity index (χ1v) is 9.71. The number of carbonyl (C=O) groups excluding carboxylic acids is 1. The number of hydrogen-bond donors (Lipinski definition) is 1. The van der Waals surface area contributed by atoms with Crippen LogP contribution >= 0.6 is 0 Å². The summed E-state index contributed by atoms with van der Waals surface area (Å²) in [7, 11) is 3.95. The van der Waals surface area contributed by atoms with Gasteiger partial charge in [0, 0.05) is 24.2 Å². The maximum absolute atomic E-state index is 12.8. The average molecular weight is 375 g/mol. The summed E-state index contributed by atoms with van der Waals surface area (Å²) in [6.07, 6.45) is 2.54. The number of carbonyl (C=O) groups is 1. The third-order valence-corrected chi connectivity index (χ3v) is 4.93. The quantitative estimate of drug-likeness (QED) is 0.673. The van der Waals surface area contributed by atoms with Crippen molar-refractivity contribution in [2.45, 2.75) is 18.8 Å². The molecule has 1 saturated carbocycles. The summed E-state index contributed by atoms with van der Waals surface area (Å²) in [5.41, 5.74) is 3.41. The van der Waals surface area contributed by atoms with Gasteiger partial charge in [-0.15, -0.1) is 0 Å². The predicted octanol–water partition coefficient (Wildman–Crippen LogP) is 4.18. The summed E-state index contributed by atoms with van der Waals surface area (Å²) < 4.78 is 6.07. The molecule has 0 atom stereocenters. The summed E-state index contributed by atoms with van der Waals surface area (Å²) in [5, 5.41) is 2.93. The first-order chi connectivity index (χ1) is 13.6. The molecular weight excluding hydrogens is 350 g/mol. The fourth-order valence-corrected chi connectivity index (χ4v) is 3.17. The summed E-state index contributed by atoms with van der Waals surface area (Å²) in [5.74, 6) is 1.46. The van der Waals surface area contributed by atoms with Gasteiger partial charge in [-0.25, -0.2) is 4.98 Å². The zero-order valence-electron chi connectivity index (χ0n) is 16.3. The number of hydrogen-bond acceptors (Lipinski definition) is 4. The van der Waals surface area contributed by atoms with Crippen molar-refractivity contribution < 1.29 is 9.21 Å². The van der Waals surface area contributed by atoms with Gasteiger partial charge in [0.15, 0.2) is 11.5 Å². The molecule has 0 aliphatic heterocycles. The highest BCUT2D eigenvalue weighted by molar-refractivity contribution is 5.98. The zero-order chi connectivity index (χ0) is 19.5. The third-order valence-electron chi connectivity index (χ3n) is 4.93.